The normalized spacial score (nSPS) is 43.9. The summed E-state index contributed by atoms with van der Waals surface area (Å²) < 4.78 is 0. The predicted octanol–water partition coefficient (Wildman–Crippen LogP) is 2.49. The Morgan fingerprint density at radius 2 is 2.10 bits per heavy atom. The number of hydrogen-bond donors (Lipinski definition) is 0. The smallest absolute Gasteiger partial charge is 0.0687 e. The molecule has 0 bridgehead atoms. The molecule has 1 fully saturated rings. The molecule has 1 aliphatic carbocycles. The molecule has 0 spiro atoms. The Morgan fingerprint density at radius 1 is 1.30 bits per heavy atom. The van der Waals surface area contributed by atoms with Gasteiger partial charge in [0, 0.05) is 11.2 Å². The lowest BCUT2D eigenvalue weighted by atomic mass is 9.98. The first-order valence-corrected chi connectivity index (χ1v) is 4.60. The highest BCUT2D eigenvalue weighted by Crippen LogP contribution is 2.41. The average molecular weight is 171 g/mol. The van der Waals surface area contributed by atoms with Gasteiger partial charge in [0.25, 0.3) is 0 Å². The summed E-state index contributed by atoms with van der Waals surface area (Å²) in [5.74, 6) is 3.62. The lowest BCUT2D eigenvalue weighted by molar-refractivity contribution is 0.709. The quantitative estimate of drug-likeness (QED) is 0.504. The summed E-state index contributed by atoms with van der Waals surface area (Å²) in [5, 5.41) is 0.656. The first-order valence-electron chi connectivity index (χ1n) is 3.28. The van der Waals surface area contributed by atoms with Crippen LogP contribution in [0.5, 0.6) is 0 Å². The van der Waals surface area contributed by atoms with Gasteiger partial charge in [-0.1, -0.05) is 24.3 Å². The summed E-state index contributed by atoms with van der Waals surface area (Å²) in [6, 6.07) is 0. The van der Waals surface area contributed by atoms with E-state index >= 15 is 0 Å². The Labute approximate surface area is 70.3 Å². The monoisotopic (exact) mass is 170 g/mol. The number of alkyl halides is 1. The van der Waals surface area contributed by atoms with Crippen LogP contribution in [0.1, 0.15) is 0 Å². The van der Waals surface area contributed by atoms with Gasteiger partial charge >= 0.3 is 0 Å². The Balaban J connectivity index is 2.19. The van der Waals surface area contributed by atoms with Crippen LogP contribution in [-0.4, -0.2) is 10.6 Å². The zero-order chi connectivity index (χ0) is 6.97. The van der Waals surface area contributed by atoms with E-state index in [0.717, 1.165) is 0 Å². The van der Waals surface area contributed by atoms with Crippen molar-refractivity contribution >= 4 is 23.4 Å². The first-order chi connectivity index (χ1) is 4.88. The molecule has 0 aromatic carbocycles. The van der Waals surface area contributed by atoms with Crippen molar-refractivity contribution < 1.29 is 0 Å². The van der Waals surface area contributed by atoms with Crippen LogP contribution in [0.3, 0.4) is 0 Å². The third-order valence-electron chi connectivity index (χ3n) is 1.78. The minimum absolute atomic E-state index is 0.108. The van der Waals surface area contributed by atoms with Crippen LogP contribution in [0, 0.1) is 11.7 Å². The fourth-order valence-corrected chi connectivity index (χ4v) is 2.71. The average Bonchev–Trinajstić information content (AvgIpc) is 2.34. The summed E-state index contributed by atoms with van der Waals surface area (Å²) in [7, 11) is 0. The van der Waals surface area contributed by atoms with Gasteiger partial charge in [-0.3, -0.25) is 0 Å². The maximum Gasteiger partial charge on any atom is 0.0687 e. The molecule has 2 rings (SSSR count). The maximum atomic E-state index is 5.97. The van der Waals surface area contributed by atoms with Crippen LogP contribution in [0.4, 0.5) is 0 Å². The van der Waals surface area contributed by atoms with E-state index in [-0.39, 0.29) is 5.38 Å². The van der Waals surface area contributed by atoms with E-state index in [1.54, 1.807) is 11.8 Å². The number of halogens is 1. The Bertz CT molecular complexity index is 186. The molecule has 10 heavy (non-hydrogen) atoms. The fraction of sp³-hybridized carbons (Fsp3) is 0.375. The first kappa shape index (κ1) is 6.81. The Morgan fingerprint density at radius 3 is 2.90 bits per heavy atom. The second-order valence-corrected chi connectivity index (χ2v) is 3.94. The van der Waals surface area contributed by atoms with Crippen LogP contribution in [0.15, 0.2) is 24.3 Å². The van der Waals surface area contributed by atoms with Crippen LogP contribution < -0.4 is 0 Å². The number of allylic oxidation sites excluding steroid dienone is 3. The molecule has 2 heteroatoms. The molecule has 52 valence electrons. The van der Waals surface area contributed by atoms with Crippen molar-refractivity contribution in [3.63, 3.8) is 0 Å². The van der Waals surface area contributed by atoms with Crippen LogP contribution in [0.25, 0.3) is 0 Å². The van der Waals surface area contributed by atoms with Gasteiger partial charge in [-0.25, -0.2) is 0 Å². The number of rotatable bonds is 0. The summed E-state index contributed by atoms with van der Waals surface area (Å²) in [4.78, 5) is 0. The second kappa shape index (κ2) is 2.63. The maximum absolute atomic E-state index is 5.97. The molecule has 2 aliphatic rings. The Kier molecular flexibility index (Phi) is 1.79. The van der Waals surface area contributed by atoms with Gasteiger partial charge < -0.3 is 0 Å². The predicted molar refractivity (Wildman–Crippen MR) is 46.0 cm³/mol. The standard InChI is InChI=1S/C8H7ClS/c9-7-5-10-8-4-2-1-3-6(7)8/h1-4,6-8H. The Hall–Kier alpha value is 0.120. The van der Waals surface area contributed by atoms with Gasteiger partial charge in [-0.05, 0) is 0 Å². The third kappa shape index (κ3) is 1.02. The lowest BCUT2D eigenvalue weighted by Gasteiger charge is -2.15. The van der Waals surface area contributed by atoms with Crippen molar-refractivity contribution in [2.45, 2.75) is 10.6 Å². The summed E-state index contributed by atoms with van der Waals surface area (Å²) in [5.41, 5.74) is 0. The molecule has 0 saturated carbocycles. The summed E-state index contributed by atoms with van der Waals surface area (Å²) >= 11 is 7.68. The molecular formula is C8H7ClS. The van der Waals surface area contributed by atoms with Crippen molar-refractivity contribution in [1.82, 2.24) is 0 Å². The molecule has 0 aromatic rings. The minimum atomic E-state index is 0.108. The van der Waals surface area contributed by atoms with Crippen molar-refractivity contribution in [1.29, 1.82) is 0 Å². The van der Waals surface area contributed by atoms with Gasteiger partial charge in [0.05, 0.1) is 11.1 Å². The number of fused-ring (bicyclic) bond motifs is 1. The van der Waals surface area contributed by atoms with Crippen molar-refractivity contribution in [3.8, 4) is 0 Å². The van der Waals surface area contributed by atoms with E-state index in [2.05, 4.69) is 30.1 Å². The van der Waals surface area contributed by atoms with Crippen LogP contribution in [-0.2, 0) is 0 Å². The second-order valence-electron chi connectivity index (χ2n) is 2.45. The van der Waals surface area contributed by atoms with E-state index < -0.39 is 0 Å². The van der Waals surface area contributed by atoms with Crippen molar-refractivity contribution in [2.24, 2.45) is 5.92 Å². The molecule has 1 saturated heterocycles. The lowest BCUT2D eigenvalue weighted by Crippen LogP contribution is -2.15. The zero-order valence-corrected chi connectivity index (χ0v) is 6.90. The highest BCUT2D eigenvalue weighted by molar-refractivity contribution is 8.02. The van der Waals surface area contributed by atoms with Crippen molar-refractivity contribution in [3.05, 3.63) is 30.1 Å². The molecule has 3 unspecified atom stereocenters. The van der Waals surface area contributed by atoms with Gasteiger partial charge in [0.15, 0.2) is 0 Å². The molecule has 0 amide bonds. The van der Waals surface area contributed by atoms with Gasteiger partial charge in [0.2, 0.25) is 0 Å². The third-order valence-corrected chi connectivity index (χ3v) is 3.44. The molecule has 1 heterocycles. The SMILES string of the molecule is ClC1[C]SC2C=CC=CC12. The van der Waals surface area contributed by atoms with E-state index in [0.29, 0.717) is 11.2 Å². The molecule has 3 atom stereocenters. The van der Waals surface area contributed by atoms with Gasteiger partial charge in [-0.15, -0.1) is 23.4 Å². The molecule has 0 aromatic heterocycles. The molecule has 0 nitrogen and oxygen atoms in total. The summed E-state index contributed by atoms with van der Waals surface area (Å²) in [6.07, 6.45) is 8.48. The topological polar surface area (TPSA) is 0 Å². The van der Waals surface area contributed by atoms with Crippen LogP contribution >= 0.6 is 23.4 Å². The van der Waals surface area contributed by atoms with Gasteiger partial charge in [0.1, 0.15) is 0 Å². The van der Waals surface area contributed by atoms with Gasteiger partial charge in [-0.2, -0.15) is 0 Å². The molecule has 1 aliphatic heterocycles. The zero-order valence-electron chi connectivity index (χ0n) is 5.33. The van der Waals surface area contributed by atoms with Crippen LogP contribution in [0.2, 0.25) is 0 Å². The van der Waals surface area contributed by atoms with E-state index in [1.807, 2.05) is 0 Å². The van der Waals surface area contributed by atoms with E-state index in [1.165, 1.54) is 0 Å². The molecule has 2 radical (unpaired) electrons. The van der Waals surface area contributed by atoms with Crippen molar-refractivity contribution in [2.75, 3.05) is 0 Å². The van der Waals surface area contributed by atoms with E-state index in [4.69, 9.17) is 11.6 Å². The fourth-order valence-electron chi connectivity index (χ4n) is 1.21. The number of hydrogen-bond acceptors (Lipinski definition) is 1. The largest absolute Gasteiger partial charge is 0.142 e. The minimum Gasteiger partial charge on any atom is -0.142 e. The highest BCUT2D eigenvalue weighted by Gasteiger charge is 2.33. The molecular weight excluding hydrogens is 164 g/mol. The van der Waals surface area contributed by atoms with E-state index in [9.17, 15) is 0 Å². The number of thioether (sulfide) groups is 1. The highest BCUT2D eigenvalue weighted by atomic mass is 35.5. The molecule has 0 N–H and O–H groups in total. The summed E-state index contributed by atoms with van der Waals surface area (Å²) in [6.45, 7) is 0.